The van der Waals surface area contributed by atoms with Gasteiger partial charge in [-0.15, -0.1) is 0 Å². The summed E-state index contributed by atoms with van der Waals surface area (Å²) in [5, 5.41) is 13.2. The summed E-state index contributed by atoms with van der Waals surface area (Å²) in [4.78, 5) is 13.3. The van der Waals surface area contributed by atoms with Crippen molar-refractivity contribution in [1.82, 2.24) is 14.7 Å². The number of carbonyl (C=O) groups is 1. The van der Waals surface area contributed by atoms with Gasteiger partial charge in [0.25, 0.3) is 0 Å². The van der Waals surface area contributed by atoms with Crippen molar-refractivity contribution in [3.63, 3.8) is 0 Å². The minimum absolute atomic E-state index is 0.154. The highest BCUT2D eigenvalue weighted by atomic mass is 16.4. The van der Waals surface area contributed by atoms with Gasteiger partial charge in [-0.3, -0.25) is 14.4 Å². The number of nitrogens with zero attached hydrogens (tertiary/aromatic N) is 3. The monoisotopic (exact) mass is 251 g/mol. The van der Waals surface area contributed by atoms with Crippen molar-refractivity contribution < 1.29 is 9.90 Å². The average molecular weight is 251 g/mol. The topological polar surface area (TPSA) is 58.4 Å². The van der Waals surface area contributed by atoms with Gasteiger partial charge >= 0.3 is 5.97 Å². The van der Waals surface area contributed by atoms with Crippen LogP contribution in [-0.4, -0.2) is 38.3 Å². The number of aliphatic carboxylic acids is 1. The first kappa shape index (κ1) is 13.1. The van der Waals surface area contributed by atoms with Crippen LogP contribution in [0.1, 0.15) is 44.3 Å². The van der Waals surface area contributed by atoms with Crippen LogP contribution >= 0.6 is 0 Å². The molecule has 5 nitrogen and oxygen atoms in total. The third-order valence-electron chi connectivity index (χ3n) is 3.87. The first-order chi connectivity index (χ1) is 8.59. The lowest BCUT2D eigenvalue weighted by atomic mass is 9.96. The van der Waals surface area contributed by atoms with Gasteiger partial charge in [-0.05, 0) is 32.4 Å². The molecule has 2 rings (SSSR count). The van der Waals surface area contributed by atoms with Crippen molar-refractivity contribution in [2.24, 2.45) is 7.05 Å². The van der Waals surface area contributed by atoms with Crippen LogP contribution in [0.15, 0.2) is 12.3 Å². The van der Waals surface area contributed by atoms with Crippen molar-refractivity contribution in [3.8, 4) is 0 Å². The van der Waals surface area contributed by atoms with Gasteiger partial charge in [-0.1, -0.05) is 6.42 Å². The molecule has 1 aliphatic heterocycles. The van der Waals surface area contributed by atoms with E-state index in [-0.39, 0.29) is 18.5 Å². The van der Waals surface area contributed by atoms with Crippen LogP contribution < -0.4 is 0 Å². The molecular weight excluding hydrogens is 230 g/mol. The average Bonchev–Trinajstić information content (AvgIpc) is 2.74. The van der Waals surface area contributed by atoms with E-state index in [0.29, 0.717) is 0 Å². The van der Waals surface area contributed by atoms with Gasteiger partial charge in [-0.2, -0.15) is 5.10 Å². The van der Waals surface area contributed by atoms with E-state index in [9.17, 15) is 4.79 Å². The second kappa shape index (κ2) is 5.52. The summed E-state index contributed by atoms with van der Waals surface area (Å²) in [7, 11) is 1.93. The third-order valence-corrected chi connectivity index (χ3v) is 3.87. The lowest BCUT2D eigenvalue weighted by molar-refractivity contribution is -0.139. The molecule has 5 heteroatoms. The summed E-state index contributed by atoms with van der Waals surface area (Å²) in [6.45, 7) is 3.11. The molecule has 0 radical (unpaired) electrons. The second-order valence-corrected chi connectivity index (χ2v) is 5.04. The van der Waals surface area contributed by atoms with E-state index >= 15 is 0 Å². The molecule has 1 aromatic rings. The minimum Gasteiger partial charge on any atom is -0.481 e. The molecule has 1 N–H and O–H groups in total. The summed E-state index contributed by atoms with van der Waals surface area (Å²) >= 11 is 0. The zero-order valence-corrected chi connectivity index (χ0v) is 11.0. The maximum Gasteiger partial charge on any atom is 0.304 e. The Morgan fingerprint density at radius 3 is 3.00 bits per heavy atom. The summed E-state index contributed by atoms with van der Waals surface area (Å²) in [6.07, 6.45) is 5.30. The van der Waals surface area contributed by atoms with Crippen molar-refractivity contribution in [2.45, 2.75) is 44.7 Å². The van der Waals surface area contributed by atoms with Crippen LogP contribution in [0, 0.1) is 0 Å². The summed E-state index contributed by atoms with van der Waals surface area (Å²) < 4.78 is 1.87. The minimum atomic E-state index is -0.705. The predicted octanol–water partition coefficient (Wildman–Crippen LogP) is 1.81. The van der Waals surface area contributed by atoms with Crippen molar-refractivity contribution in [1.29, 1.82) is 0 Å². The van der Waals surface area contributed by atoms with Crippen LogP contribution in [0.2, 0.25) is 0 Å². The highest BCUT2D eigenvalue weighted by Crippen LogP contribution is 2.29. The number of aromatic nitrogens is 2. The van der Waals surface area contributed by atoms with E-state index < -0.39 is 5.97 Å². The molecule has 1 fully saturated rings. The Labute approximate surface area is 107 Å². The van der Waals surface area contributed by atoms with Crippen LogP contribution in [0.5, 0.6) is 0 Å². The van der Waals surface area contributed by atoms with Crippen LogP contribution in [0.4, 0.5) is 0 Å². The molecule has 1 aliphatic rings. The molecule has 0 bridgehead atoms. The van der Waals surface area contributed by atoms with E-state index in [1.165, 1.54) is 0 Å². The molecule has 0 aromatic carbocycles. The molecule has 18 heavy (non-hydrogen) atoms. The molecule has 100 valence electrons. The number of hydrogen-bond donors (Lipinski definition) is 1. The highest BCUT2D eigenvalue weighted by molar-refractivity contribution is 5.67. The fourth-order valence-electron chi connectivity index (χ4n) is 2.92. The molecule has 2 heterocycles. The first-order valence-corrected chi connectivity index (χ1v) is 6.55. The van der Waals surface area contributed by atoms with Gasteiger partial charge in [0.1, 0.15) is 0 Å². The summed E-state index contributed by atoms with van der Waals surface area (Å²) in [6, 6.07) is 2.39. The standard InChI is InChI=1S/C13H21N3O2/c1-10(12-6-7-14-15(12)2)16-8-4-3-5-11(16)9-13(17)18/h6-7,10-11H,3-5,8-9H2,1-2H3,(H,17,18). The third kappa shape index (κ3) is 2.72. The second-order valence-electron chi connectivity index (χ2n) is 5.04. The highest BCUT2D eigenvalue weighted by Gasteiger charge is 2.29. The Morgan fingerprint density at radius 2 is 2.39 bits per heavy atom. The van der Waals surface area contributed by atoms with Gasteiger partial charge in [0, 0.05) is 25.3 Å². The molecule has 0 saturated carbocycles. The van der Waals surface area contributed by atoms with E-state index in [2.05, 4.69) is 16.9 Å². The maximum absolute atomic E-state index is 10.9. The smallest absolute Gasteiger partial charge is 0.304 e. The predicted molar refractivity (Wildman–Crippen MR) is 68.2 cm³/mol. The van der Waals surface area contributed by atoms with Crippen LogP contribution in [-0.2, 0) is 11.8 Å². The van der Waals surface area contributed by atoms with Crippen LogP contribution in [0.3, 0.4) is 0 Å². The van der Waals surface area contributed by atoms with Gasteiger partial charge in [0.2, 0.25) is 0 Å². The van der Waals surface area contributed by atoms with Gasteiger partial charge < -0.3 is 5.11 Å². The Kier molecular flexibility index (Phi) is 4.01. The summed E-state index contributed by atoms with van der Waals surface area (Å²) in [5.41, 5.74) is 1.15. The Morgan fingerprint density at radius 1 is 1.61 bits per heavy atom. The first-order valence-electron chi connectivity index (χ1n) is 6.55. The van der Waals surface area contributed by atoms with E-state index in [0.717, 1.165) is 31.5 Å². The Bertz CT molecular complexity index is 416. The van der Waals surface area contributed by atoms with E-state index in [1.54, 1.807) is 6.20 Å². The molecule has 0 spiro atoms. The number of likely N-dealkylation sites (tertiary alicyclic amines) is 1. The molecular formula is C13H21N3O2. The van der Waals surface area contributed by atoms with Gasteiger partial charge in [0.05, 0.1) is 12.1 Å². The lowest BCUT2D eigenvalue weighted by Crippen LogP contribution is -2.42. The van der Waals surface area contributed by atoms with Crippen LogP contribution in [0.25, 0.3) is 0 Å². The molecule has 2 unspecified atom stereocenters. The van der Waals surface area contributed by atoms with Gasteiger partial charge in [-0.25, -0.2) is 0 Å². The number of rotatable bonds is 4. The van der Waals surface area contributed by atoms with E-state index in [1.807, 2.05) is 17.8 Å². The molecule has 0 aliphatic carbocycles. The Balaban J connectivity index is 2.13. The molecule has 1 aromatic heterocycles. The number of carboxylic acid groups (broad SMARTS) is 1. The SMILES string of the molecule is CC(c1ccnn1C)N1CCCCC1CC(=O)O. The number of carboxylic acids is 1. The van der Waals surface area contributed by atoms with E-state index in [4.69, 9.17) is 5.11 Å². The maximum atomic E-state index is 10.9. The quantitative estimate of drug-likeness (QED) is 0.886. The van der Waals surface area contributed by atoms with Gasteiger partial charge in [0.15, 0.2) is 0 Å². The fourth-order valence-corrected chi connectivity index (χ4v) is 2.92. The van der Waals surface area contributed by atoms with Crippen molar-refractivity contribution in [2.75, 3.05) is 6.54 Å². The lowest BCUT2D eigenvalue weighted by Gasteiger charge is -2.39. The zero-order valence-electron chi connectivity index (χ0n) is 11.0. The molecule has 2 atom stereocenters. The largest absolute Gasteiger partial charge is 0.481 e. The Hall–Kier alpha value is -1.36. The van der Waals surface area contributed by atoms with Crippen molar-refractivity contribution in [3.05, 3.63) is 18.0 Å². The zero-order chi connectivity index (χ0) is 13.1. The number of hydrogen-bond acceptors (Lipinski definition) is 3. The molecule has 0 amide bonds. The number of piperidine rings is 1. The summed E-state index contributed by atoms with van der Waals surface area (Å²) in [5.74, 6) is -0.705. The fraction of sp³-hybridized carbons (Fsp3) is 0.692. The molecule has 1 saturated heterocycles. The number of aryl methyl sites for hydroxylation is 1. The van der Waals surface area contributed by atoms with Crippen molar-refractivity contribution >= 4 is 5.97 Å². The normalized spacial score (nSPS) is 22.9.